The van der Waals surface area contributed by atoms with Crippen molar-refractivity contribution in [3.63, 3.8) is 0 Å². The SMILES string of the molecule is CCOS(=O)(=O)c1c(Cl)cc(C(F)(F)F)cc1Cl. The van der Waals surface area contributed by atoms with E-state index in [0.29, 0.717) is 12.1 Å². The molecule has 0 atom stereocenters. The van der Waals surface area contributed by atoms with Gasteiger partial charge in [-0.15, -0.1) is 0 Å². The molecule has 0 unspecified atom stereocenters. The molecular weight excluding hydrogens is 316 g/mol. The first-order valence-corrected chi connectivity index (χ1v) is 6.71. The largest absolute Gasteiger partial charge is 0.416 e. The van der Waals surface area contributed by atoms with E-state index in [1.807, 2.05) is 0 Å². The van der Waals surface area contributed by atoms with Gasteiger partial charge in [0.05, 0.1) is 22.2 Å². The van der Waals surface area contributed by atoms with Crippen LogP contribution in [0.25, 0.3) is 0 Å². The molecule has 0 aliphatic carbocycles. The van der Waals surface area contributed by atoms with E-state index in [0.717, 1.165) is 0 Å². The van der Waals surface area contributed by atoms with Crippen LogP contribution in [0, 0.1) is 0 Å². The van der Waals surface area contributed by atoms with E-state index >= 15 is 0 Å². The third kappa shape index (κ3) is 3.28. The predicted molar refractivity (Wildman–Crippen MR) is 60.3 cm³/mol. The zero-order valence-corrected chi connectivity index (χ0v) is 11.2. The molecule has 0 saturated carbocycles. The summed E-state index contributed by atoms with van der Waals surface area (Å²) in [6.45, 7) is 1.22. The van der Waals surface area contributed by atoms with Gasteiger partial charge in [-0.05, 0) is 19.1 Å². The molecule has 1 aromatic carbocycles. The summed E-state index contributed by atoms with van der Waals surface area (Å²) in [6.07, 6.45) is -4.67. The van der Waals surface area contributed by atoms with Gasteiger partial charge < -0.3 is 0 Å². The summed E-state index contributed by atoms with van der Waals surface area (Å²) in [4.78, 5) is -0.666. The zero-order valence-electron chi connectivity index (χ0n) is 8.88. The maximum absolute atomic E-state index is 12.4. The fourth-order valence-electron chi connectivity index (χ4n) is 1.18. The Bertz CT molecular complexity index is 532. The van der Waals surface area contributed by atoms with Crippen molar-refractivity contribution in [1.29, 1.82) is 0 Å². The first kappa shape index (κ1) is 15.6. The molecular formula is C9H7Cl2F3O3S. The van der Waals surface area contributed by atoms with Gasteiger partial charge in [0.1, 0.15) is 4.90 Å². The number of hydrogen-bond donors (Lipinski definition) is 0. The highest BCUT2D eigenvalue weighted by molar-refractivity contribution is 7.87. The van der Waals surface area contributed by atoms with Crippen molar-refractivity contribution in [1.82, 2.24) is 0 Å². The van der Waals surface area contributed by atoms with E-state index in [1.165, 1.54) is 6.92 Å². The lowest BCUT2D eigenvalue weighted by molar-refractivity contribution is -0.137. The minimum atomic E-state index is -4.67. The molecule has 18 heavy (non-hydrogen) atoms. The Balaban J connectivity index is 3.43. The van der Waals surface area contributed by atoms with Gasteiger partial charge in [0, 0.05) is 0 Å². The summed E-state index contributed by atoms with van der Waals surface area (Å²) in [5.74, 6) is 0. The molecule has 1 aromatic rings. The van der Waals surface area contributed by atoms with Crippen molar-refractivity contribution in [2.45, 2.75) is 18.0 Å². The van der Waals surface area contributed by atoms with Gasteiger partial charge in [-0.25, -0.2) is 0 Å². The Morgan fingerprint density at radius 2 is 1.67 bits per heavy atom. The lowest BCUT2D eigenvalue weighted by Crippen LogP contribution is -2.10. The van der Waals surface area contributed by atoms with Crippen molar-refractivity contribution in [3.8, 4) is 0 Å². The van der Waals surface area contributed by atoms with Gasteiger partial charge in [-0.2, -0.15) is 21.6 Å². The van der Waals surface area contributed by atoms with Crippen LogP contribution < -0.4 is 0 Å². The van der Waals surface area contributed by atoms with Gasteiger partial charge >= 0.3 is 6.18 Å². The molecule has 0 aromatic heterocycles. The smallest absolute Gasteiger partial charge is 0.267 e. The monoisotopic (exact) mass is 322 g/mol. The Hall–Kier alpha value is -0.500. The maximum atomic E-state index is 12.4. The summed E-state index contributed by atoms with van der Waals surface area (Å²) < 4.78 is 64.8. The summed E-state index contributed by atoms with van der Waals surface area (Å²) in [6, 6.07) is 0.971. The fourth-order valence-corrected chi connectivity index (χ4v) is 3.25. The number of halogens is 5. The first-order chi connectivity index (χ1) is 8.09. The molecule has 102 valence electrons. The molecule has 3 nitrogen and oxygen atoms in total. The third-order valence-electron chi connectivity index (χ3n) is 1.85. The average molecular weight is 323 g/mol. The minimum Gasteiger partial charge on any atom is -0.267 e. The van der Waals surface area contributed by atoms with Gasteiger partial charge in [-0.3, -0.25) is 4.18 Å². The normalized spacial score (nSPS) is 12.8. The molecule has 0 saturated heterocycles. The van der Waals surface area contributed by atoms with Crippen molar-refractivity contribution >= 4 is 33.3 Å². The van der Waals surface area contributed by atoms with Crippen molar-refractivity contribution in [2.75, 3.05) is 6.61 Å². The van der Waals surface area contributed by atoms with Crippen LogP contribution in [0.4, 0.5) is 13.2 Å². The second kappa shape index (κ2) is 5.24. The van der Waals surface area contributed by atoms with Crippen LogP contribution in [-0.2, 0) is 20.5 Å². The van der Waals surface area contributed by atoms with E-state index in [9.17, 15) is 21.6 Å². The number of alkyl halides is 3. The van der Waals surface area contributed by atoms with Crippen LogP contribution in [0.3, 0.4) is 0 Å². The lowest BCUT2D eigenvalue weighted by atomic mass is 10.2. The Morgan fingerprint density at radius 1 is 1.22 bits per heavy atom. The predicted octanol–water partition coefficient (Wildman–Crippen LogP) is 3.74. The minimum absolute atomic E-state index is 0.185. The first-order valence-electron chi connectivity index (χ1n) is 4.55. The second-order valence-corrected chi connectivity index (χ2v) is 5.49. The van der Waals surface area contributed by atoms with E-state index in [4.69, 9.17) is 23.2 Å². The molecule has 0 heterocycles. The van der Waals surface area contributed by atoms with Crippen LogP contribution in [0.1, 0.15) is 12.5 Å². The van der Waals surface area contributed by atoms with E-state index in [-0.39, 0.29) is 6.61 Å². The highest BCUT2D eigenvalue weighted by Gasteiger charge is 2.34. The Kier molecular flexibility index (Phi) is 4.53. The van der Waals surface area contributed by atoms with Crippen molar-refractivity contribution in [3.05, 3.63) is 27.7 Å². The second-order valence-electron chi connectivity index (χ2n) is 3.13. The van der Waals surface area contributed by atoms with E-state index < -0.39 is 36.8 Å². The number of benzene rings is 1. The molecule has 0 spiro atoms. The maximum Gasteiger partial charge on any atom is 0.416 e. The summed E-state index contributed by atoms with van der Waals surface area (Å²) >= 11 is 11.0. The molecule has 0 radical (unpaired) electrons. The van der Waals surface area contributed by atoms with Gasteiger partial charge in [0.15, 0.2) is 0 Å². The molecule has 1 rings (SSSR count). The number of hydrogen-bond acceptors (Lipinski definition) is 3. The molecule has 0 N–H and O–H groups in total. The van der Waals surface area contributed by atoms with Gasteiger partial charge in [0.25, 0.3) is 10.1 Å². The Labute approximate surface area is 112 Å². The average Bonchev–Trinajstić information content (AvgIpc) is 2.13. The van der Waals surface area contributed by atoms with E-state index in [1.54, 1.807) is 0 Å². The molecule has 9 heteroatoms. The van der Waals surface area contributed by atoms with Gasteiger partial charge in [-0.1, -0.05) is 23.2 Å². The quantitative estimate of drug-likeness (QED) is 0.796. The van der Waals surface area contributed by atoms with Crippen LogP contribution >= 0.6 is 23.2 Å². The summed E-state index contributed by atoms with van der Waals surface area (Å²) in [5, 5.41) is -1.27. The zero-order chi connectivity index (χ0) is 14.1. The number of rotatable bonds is 3. The summed E-state index contributed by atoms with van der Waals surface area (Å²) in [7, 11) is -4.27. The summed E-state index contributed by atoms with van der Waals surface area (Å²) in [5.41, 5.74) is -1.13. The van der Waals surface area contributed by atoms with Crippen LogP contribution in [-0.4, -0.2) is 15.0 Å². The molecule has 0 fully saturated rings. The molecule has 0 aliphatic heterocycles. The molecule has 0 amide bonds. The van der Waals surface area contributed by atoms with Crippen LogP contribution in [0.15, 0.2) is 17.0 Å². The molecule has 0 aliphatic rings. The van der Waals surface area contributed by atoms with E-state index in [2.05, 4.69) is 4.18 Å². The third-order valence-corrected chi connectivity index (χ3v) is 4.15. The topological polar surface area (TPSA) is 43.4 Å². The molecule has 0 bridgehead atoms. The van der Waals surface area contributed by atoms with Crippen molar-refractivity contribution < 1.29 is 25.8 Å². The van der Waals surface area contributed by atoms with Crippen molar-refractivity contribution in [2.24, 2.45) is 0 Å². The highest BCUT2D eigenvalue weighted by Crippen LogP contribution is 2.38. The van der Waals surface area contributed by atoms with Gasteiger partial charge in [0.2, 0.25) is 0 Å². The fraction of sp³-hybridized carbons (Fsp3) is 0.333. The van der Waals surface area contributed by atoms with Crippen LogP contribution in [0.2, 0.25) is 10.0 Å². The van der Waals surface area contributed by atoms with Crippen LogP contribution in [0.5, 0.6) is 0 Å². The Morgan fingerprint density at radius 3 is 2.00 bits per heavy atom. The lowest BCUT2D eigenvalue weighted by Gasteiger charge is -2.12. The standard InChI is InChI=1S/C9H7Cl2F3O3S/c1-2-17-18(15,16)8-6(10)3-5(4-7(8)11)9(12,13)14/h3-4H,2H2,1H3. The highest BCUT2D eigenvalue weighted by atomic mass is 35.5.